The summed E-state index contributed by atoms with van der Waals surface area (Å²) in [5.41, 5.74) is 0.857. The highest BCUT2D eigenvalue weighted by atomic mass is 16.7. The number of nitrogens with one attached hydrogen (secondary N) is 3. The van der Waals surface area contributed by atoms with Crippen LogP contribution < -0.4 is 16.0 Å². The SMILES string of the molecule is CCOC1OC(=O)C=C1NC(=O)C1CCCN1C(=O)OCc1ccccc1.CCO[C@@H]1OC(=O)C[C@@H]1NC(=O)[C@@H]1CCCN1C(=O)[C@@H](NC)C(C)(C)C. The van der Waals surface area contributed by atoms with Crippen LogP contribution in [0.4, 0.5) is 4.79 Å². The molecular weight excluding hydrogens is 690 g/mol. The summed E-state index contributed by atoms with van der Waals surface area (Å²) in [6, 6.07) is 7.25. The van der Waals surface area contributed by atoms with Crippen molar-refractivity contribution in [2.45, 2.75) is 110 Å². The molecule has 16 nitrogen and oxygen atoms in total. The lowest BCUT2D eigenvalue weighted by Gasteiger charge is -2.35. The summed E-state index contributed by atoms with van der Waals surface area (Å²) >= 11 is 0. The second kappa shape index (κ2) is 19.0. The number of likely N-dealkylation sites (tertiary alicyclic amines) is 2. The van der Waals surface area contributed by atoms with Crippen molar-refractivity contribution in [1.82, 2.24) is 25.8 Å². The Morgan fingerprint density at radius 1 is 0.906 bits per heavy atom. The summed E-state index contributed by atoms with van der Waals surface area (Å²) in [5.74, 6) is -1.69. The molecule has 3 N–H and O–H groups in total. The molecule has 2 unspecified atom stereocenters. The van der Waals surface area contributed by atoms with Crippen LogP contribution in [0.25, 0.3) is 0 Å². The Kier molecular flexibility index (Phi) is 14.8. The molecule has 0 bridgehead atoms. The highest BCUT2D eigenvalue weighted by molar-refractivity contribution is 5.92. The Balaban J connectivity index is 0.000000237. The van der Waals surface area contributed by atoms with Crippen molar-refractivity contribution in [3.05, 3.63) is 47.7 Å². The summed E-state index contributed by atoms with van der Waals surface area (Å²) in [6.07, 6.45) is 1.65. The van der Waals surface area contributed by atoms with Gasteiger partial charge in [0, 0.05) is 32.4 Å². The molecule has 0 aromatic heterocycles. The van der Waals surface area contributed by atoms with Crippen LogP contribution >= 0.6 is 0 Å². The summed E-state index contributed by atoms with van der Waals surface area (Å²) in [6.45, 7) is 11.4. The predicted octanol–water partition coefficient (Wildman–Crippen LogP) is 2.11. The Hall–Kier alpha value is -4.54. The fourth-order valence-corrected chi connectivity index (χ4v) is 6.70. The Morgan fingerprint density at radius 2 is 1.55 bits per heavy atom. The minimum Gasteiger partial charge on any atom is -0.445 e. The van der Waals surface area contributed by atoms with Gasteiger partial charge < -0.3 is 44.5 Å². The van der Waals surface area contributed by atoms with Gasteiger partial charge in [0.2, 0.25) is 30.3 Å². The van der Waals surface area contributed by atoms with Crippen molar-refractivity contribution in [3.63, 3.8) is 0 Å². The lowest BCUT2D eigenvalue weighted by molar-refractivity contribution is -0.164. The molecule has 5 rings (SSSR count). The Bertz CT molecular complexity index is 1500. The van der Waals surface area contributed by atoms with Crippen LogP contribution in [0.2, 0.25) is 0 Å². The van der Waals surface area contributed by atoms with E-state index in [2.05, 4.69) is 16.0 Å². The van der Waals surface area contributed by atoms with Crippen LogP contribution in [-0.2, 0) is 54.3 Å². The molecule has 0 aliphatic carbocycles. The smallest absolute Gasteiger partial charge is 0.410 e. The molecule has 1 aromatic carbocycles. The third-order valence-electron chi connectivity index (χ3n) is 9.19. The molecule has 3 saturated heterocycles. The van der Waals surface area contributed by atoms with Crippen molar-refractivity contribution >= 4 is 35.8 Å². The molecule has 16 heteroatoms. The van der Waals surface area contributed by atoms with E-state index in [1.165, 1.54) is 11.0 Å². The maximum atomic E-state index is 13.0. The molecule has 53 heavy (non-hydrogen) atoms. The molecule has 0 radical (unpaired) electrons. The molecule has 4 amide bonds. The van der Waals surface area contributed by atoms with E-state index in [1.807, 2.05) is 51.1 Å². The van der Waals surface area contributed by atoms with Gasteiger partial charge in [0.05, 0.1) is 18.2 Å². The van der Waals surface area contributed by atoms with Gasteiger partial charge in [-0.25, -0.2) is 9.59 Å². The summed E-state index contributed by atoms with van der Waals surface area (Å²) in [7, 11) is 1.76. The van der Waals surface area contributed by atoms with Crippen LogP contribution in [-0.4, -0.2) is 116 Å². The van der Waals surface area contributed by atoms with Crippen LogP contribution in [0.1, 0.15) is 72.3 Å². The van der Waals surface area contributed by atoms with Gasteiger partial charge in [-0.15, -0.1) is 0 Å². The lowest BCUT2D eigenvalue weighted by Crippen LogP contribution is -2.57. The van der Waals surface area contributed by atoms with Crippen molar-refractivity contribution in [1.29, 1.82) is 0 Å². The maximum absolute atomic E-state index is 13.0. The van der Waals surface area contributed by atoms with Gasteiger partial charge in [0.1, 0.15) is 24.7 Å². The Morgan fingerprint density at radius 3 is 2.17 bits per heavy atom. The number of nitrogens with zero attached hydrogens (tertiary/aromatic N) is 2. The van der Waals surface area contributed by atoms with E-state index in [-0.39, 0.29) is 42.0 Å². The fourth-order valence-electron chi connectivity index (χ4n) is 6.70. The molecule has 6 atom stereocenters. The first-order chi connectivity index (χ1) is 25.3. The third-order valence-corrected chi connectivity index (χ3v) is 9.19. The molecule has 3 fully saturated rings. The number of rotatable bonds is 12. The van der Waals surface area contributed by atoms with E-state index in [1.54, 1.807) is 25.8 Å². The number of carbonyl (C=O) groups is 6. The number of hydrogen-bond donors (Lipinski definition) is 3. The average Bonchev–Trinajstić information content (AvgIpc) is 3.92. The predicted molar refractivity (Wildman–Crippen MR) is 189 cm³/mol. The maximum Gasteiger partial charge on any atom is 0.410 e. The summed E-state index contributed by atoms with van der Waals surface area (Å²) in [5, 5.41) is 8.56. The van der Waals surface area contributed by atoms with Gasteiger partial charge in [0.25, 0.3) is 0 Å². The zero-order valence-electron chi connectivity index (χ0n) is 31.4. The molecule has 4 heterocycles. The van der Waals surface area contributed by atoms with Gasteiger partial charge in [-0.2, -0.15) is 0 Å². The van der Waals surface area contributed by atoms with Gasteiger partial charge in [-0.3, -0.25) is 24.1 Å². The second-order valence-corrected chi connectivity index (χ2v) is 14.1. The highest BCUT2D eigenvalue weighted by Gasteiger charge is 2.43. The minimum absolute atomic E-state index is 0.0715. The van der Waals surface area contributed by atoms with Crippen LogP contribution in [0, 0.1) is 5.41 Å². The van der Waals surface area contributed by atoms with E-state index in [4.69, 9.17) is 23.7 Å². The molecule has 4 aliphatic rings. The number of ether oxygens (including phenoxy) is 5. The van der Waals surface area contributed by atoms with E-state index >= 15 is 0 Å². The van der Waals surface area contributed by atoms with Crippen molar-refractivity contribution < 1.29 is 52.5 Å². The number of likely N-dealkylation sites (N-methyl/N-ethyl adjacent to an activating group) is 1. The van der Waals surface area contributed by atoms with E-state index < -0.39 is 54.6 Å². The van der Waals surface area contributed by atoms with Crippen LogP contribution in [0.5, 0.6) is 0 Å². The molecule has 1 aromatic rings. The quantitative estimate of drug-likeness (QED) is 0.209. The average molecular weight is 744 g/mol. The zero-order chi connectivity index (χ0) is 38.7. The number of amides is 4. The number of esters is 2. The van der Waals surface area contributed by atoms with Crippen molar-refractivity contribution in [2.24, 2.45) is 5.41 Å². The van der Waals surface area contributed by atoms with Gasteiger partial charge in [-0.1, -0.05) is 51.1 Å². The number of carbonyl (C=O) groups excluding carboxylic acids is 6. The first kappa shape index (κ1) is 41.2. The zero-order valence-corrected chi connectivity index (χ0v) is 31.4. The fraction of sp³-hybridized carbons (Fsp3) is 0.622. The van der Waals surface area contributed by atoms with Crippen molar-refractivity contribution in [2.75, 3.05) is 33.4 Å². The molecule has 292 valence electrons. The second-order valence-electron chi connectivity index (χ2n) is 14.1. The molecular formula is C37H53N5O11. The number of benzene rings is 1. The summed E-state index contributed by atoms with van der Waals surface area (Å²) in [4.78, 5) is 76.8. The normalized spacial score (nSPS) is 24.4. The van der Waals surface area contributed by atoms with Crippen molar-refractivity contribution in [3.8, 4) is 0 Å². The van der Waals surface area contributed by atoms with Crippen LogP contribution in [0.15, 0.2) is 42.1 Å². The largest absolute Gasteiger partial charge is 0.445 e. The van der Waals surface area contributed by atoms with Gasteiger partial charge in [0.15, 0.2) is 0 Å². The van der Waals surface area contributed by atoms with E-state index in [0.717, 1.165) is 12.0 Å². The summed E-state index contributed by atoms with van der Waals surface area (Å²) < 4.78 is 26.0. The lowest BCUT2D eigenvalue weighted by atomic mass is 9.86. The number of hydrogen-bond acceptors (Lipinski definition) is 12. The van der Waals surface area contributed by atoms with Gasteiger partial charge in [-0.05, 0) is 57.6 Å². The molecule has 0 saturated carbocycles. The van der Waals surface area contributed by atoms with Crippen LogP contribution in [0.3, 0.4) is 0 Å². The molecule has 4 aliphatic heterocycles. The minimum atomic E-state index is -0.925. The standard InChI is InChI=1S/C19H22N2O6.C18H31N3O5/c1-2-25-18-14(11-16(22)27-18)20-17(23)15-9-6-10-21(15)19(24)26-12-13-7-4-3-5-8-13;1-6-25-17-11(10-13(22)26-17)20-15(23)12-8-7-9-21(12)16(24)14(19-5)18(2,3)4/h3-5,7-8,11,15,18H,2,6,9-10,12H2,1H3,(H,20,23);11-12,14,17,19H,6-10H2,1-5H3,(H,20,23)/t;11-,12-,14+,17+/m.0/s1. The van der Waals surface area contributed by atoms with E-state index in [0.29, 0.717) is 45.6 Å². The monoisotopic (exact) mass is 743 g/mol. The molecule has 0 spiro atoms. The number of cyclic esters (lactones) is 2. The first-order valence-electron chi connectivity index (χ1n) is 18.2. The highest BCUT2D eigenvalue weighted by Crippen LogP contribution is 2.27. The van der Waals surface area contributed by atoms with E-state index in [9.17, 15) is 28.8 Å². The first-order valence-corrected chi connectivity index (χ1v) is 18.2. The Labute approximate surface area is 310 Å². The topological polar surface area (TPSA) is 191 Å². The third kappa shape index (κ3) is 11.0. The van der Waals surface area contributed by atoms with Gasteiger partial charge >= 0.3 is 18.0 Å².